The molecule has 2 N–H and O–H groups in total. The van der Waals surface area contributed by atoms with Crippen LogP contribution in [0.1, 0.15) is 17.2 Å². The van der Waals surface area contributed by atoms with Gasteiger partial charge in [0, 0.05) is 12.7 Å². The van der Waals surface area contributed by atoms with Crippen LogP contribution in [0.2, 0.25) is 0 Å². The lowest BCUT2D eigenvalue weighted by atomic mass is 10.1. The van der Waals surface area contributed by atoms with Crippen molar-refractivity contribution < 1.29 is 13.5 Å². The van der Waals surface area contributed by atoms with E-state index >= 15 is 0 Å². The summed E-state index contributed by atoms with van der Waals surface area (Å²) in [6.45, 7) is 0. The van der Waals surface area contributed by atoms with E-state index in [1.807, 2.05) is 24.3 Å². The van der Waals surface area contributed by atoms with Crippen LogP contribution in [-0.4, -0.2) is 25.9 Å². The predicted octanol–water partition coefficient (Wildman–Crippen LogP) is 2.16. The highest BCUT2D eigenvalue weighted by Crippen LogP contribution is 2.35. The first-order valence-corrected chi connectivity index (χ1v) is 8.67. The summed E-state index contributed by atoms with van der Waals surface area (Å²) in [5.74, 6) is 0. The minimum atomic E-state index is -3.31. The van der Waals surface area contributed by atoms with Gasteiger partial charge >= 0.3 is 0 Å². The number of hydrogen-bond donors (Lipinski definition) is 2. The third-order valence-corrected chi connectivity index (χ3v) is 4.96. The summed E-state index contributed by atoms with van der Waals surface area (Å²) < 4.78 is 23.7. The summed E-state index contributed by atoms with van der Waals surface area (Å²) in [5.41, 5.74) is 2.65. The Morgan fingerprint density at radius 1 is 1.10 bits per heavy atom. The van der Waals surface area contributed by atoms with Crippen LogP contribution >= 0.6 is 0 Å². The number of hydrogen-bond acceptors (Lipinski definition) is 4. The maximum Gasteiger partial charge on any atom is 0.177 e. The second-order valence-electron chi connectivity index (χ2n) is 5.36. The van der Waals surface area contributed by atoms with E-state index in [4.69, 9.17) is 0 Å². The minimum absolute atomic E-state index is 0.251. The lowest BCUT2D eigenvalue weighted by Gasteiger charge is -2.21. The normalized spacial score (nSPS) is 21.0. The number of rotatable bonds is 3. The molecule has 21 heavy (non-hydrogen) atoms. The van der Waals surface area contributed by atoms with Gasteiger partial charge in [0.1, 0.15) is 0 Å². The van der Waals surface area contributed by atoms with E-state index in [2.05, 4.69) is 5.32 Å². The first-order chi connectivity index (χ1) is 9.97. The Morgan fingerprint density at radius 2 is 1.76 bits per heavy atom. The summed E-state index contributed by atoms with van der Waals surface area (Å²) in [4.78, 5) is 0.251. The third-order valence-electron chi connectivity index (χ3n) is 3.80. The highest BCUT2D eigenvalue weighted by atomic mass is 32.2. The molecule has 0 amide bonds. The van der Waals surface area contributed by atoms with Crippen LogP contribution in [0.4, 0.5) is 5.69 Å². The van der Waals surface area contributed by atoms with E-state index in [9.17, 15) is 13.5 Å². The summed E-state index contributed by atoms with van der Waals surface area (Å²) >= 11 is 0. The molecule has 2 atom stereocenters. The van der Waals surface area contributed by atoms with E-state index < -0.39 is 15.9 Å². The minimum Gasteiger partial charge on any atom is -0.390 e. The van der Waals surface area contributed by atoms with Crippen molar-refractivity contribution in [1.82, 2.24) is 0 Å². The van der Waals surface area contributed by atoms with E-state index in [-0.39, 0.29) is 10.9 Å². The number of fused-ring (bicyclic) bond motifs is 1. The Labute approximate surface area is 124 Å². The maximum absolute atomic E-state index is 11.9. The van der Waals surface area contributed by atoms with Crippen molar-refractivity contribution in [3.8, 4) is 0 Å². The number of sulfone groups is 1. The molecule has 0 spiro atoms. The van der Waals surface area contributed by atoms with E-state index in [1.54, 1.807) is 24.3 Å². The number of anilines is 1. The van der Waals surface area contributed by atoms with Crippen LogP contribution in [0.3, 0.4) is 0 Å². The van der Waals surface area contributed by atoms with E-state index in [1.165, 1.54) is 6.26 Å². The van der Waals surface area contributed by atoms with Crippen LogP contribution in [0, 0.1) is 0 Å². The first-order valence-electron chi connectivity index (χ1n) is 6.78. The molecule has 3 rings (SSSR count). The van der Waals surface area contributed by atoms with Crippen LogP contribution in [0.15, 0.2) is 53.4 Å². The van der Waals surface area contributed by atoms with Crippen molar-refractivity contribution in [3.05, 3.63) is 59.7 Å². The van der Waals surface area contributed by atoms with Gasteiger partial charge in [-0.25, -0.2) is 8.42 Å². The molecule has 2 aromatic carbocycles. The fourth-order valence-corrected chi connectivity index (χ4v) is 3.68. The van der Waals surface area contributed by atoms with Crippen molar-refractivity contribution in [2.75, 3.05) is 11.6 Å². The van der Waals surface area contributed by atoms with Crippen LogP contribution in [0.5, 0.6) is 0 Å². The molecule has 0 fully saturated rings. The highest BCUT2D eigenvalue weighted by molar-refractivity contribution is 7.90. The van der Waals surface area contributed by atoms with Gasteiger partial charge in [-0.3, -0.25) is 0 Å². The Morgan fingerprint density at radius 3 is 2.52 bits per heavy atom. The molecular weight excluding hydrogens is 286 g/mol. The molecule has 0 aliphatic heterocycles. The zero-order chi connectivity index (χ0) is 15.0. The number of benzene rings is 2. The number of aliphatic hydroxyl groups is 1. The van der Waals surface area contributed by atoms with Crippen molar-refractivity contribution in [2.24, 2.45) is 0 Å². The number of para-hydroxylation sites is 1. The molecule has 0 radical (unpaired) electrons. The zero-order valence-corrected chi connectivity index (χ0v) is 12.5. The standard InChI is InChI=1S/C16H17NO3S/c1-21(19,20)15-9-5-4-8-13(15)17-16-12-7-3-2-6-11(12)10-14(16)18/h2-9,14,16-18H,10H2,1H3/t14-,16+/m0/s1. The topological polar surface area (TPSA) is 66.4 Å². The van der Waals surface area contributed by atoms with Crippen LogP contribution < -0.4 is 5.32 Å². The van der Waals surface area contributed by atoms with Gasteiger partial charge in [0.15, 0.2) is 9.84 Å². The second kappa shape index (κ2) is 5.16. The first kappa shape index (κ1) is 14.1. The van der Waals surface area contributed by atoms with Gasteiger partial charge in [-0.2, -0.15) is 0 Å². The number of nitrogens with one attached hydrogen (secondary N) is 1. The van der Waals surface area contributed by atoms with Crippen molar-refractivity contribution in [1.29, 1.82) is 0 Å². The average Bonchev–Trinajstić information content (AvgIpc) is 2.75. The Bertz CT molecular complexity index is 771. The predicted molar refractivity (Wildman–Crippen MR) is 82.1 cm³/mol. The van der Waals surface area contributed by atoms with Gasteiger partial charge < -0.3 is 10.4 Å². The van der Waals surface area contributed by atoms with Gasteiger partial charge in [0.2, 0.25) is 0 Å². The van der Waals surface area contributed by atoms with Crippen LogP contribution in [0.25, 0.3) is 0 Å². The second-order valence-corrected chi connectivity index (χ2v) is 7.34. The van der Waals surface area contributed by atoms with Crippen molar-refractivity contribution >= 4 is 15.5 Å². The molecule has 110 valence electrons. The van der Waals surface area contributed by atoms with Gasteiger partial charge in [-0.15, -0.1) is 0 Å². The molecular formula is C16H17NO3S. The van der Waals surface area contributed by atoms with Crippen molar-refractivity contribution in [3.63, 3.8) is 0 Å². The molecule has 1 aliphatic carbocycles. The third kappa shape index (κ3) is 2.66. The smallest absolute Gasteiger partial charge is 0.177 e. The lowest BCUT2D eigenvalue weighted by Crippen LogP contribution is -2.22. The van der Waals surface area contributed by atoms with Gasteiger partial charge in [0.25, 0.3) is 0 Å². The molecule has 0 saturated carbocycles. The quantitative estimate of drug-likeness (QED) is 0.912. The van der Waals surface area contributed by atoms with Gasteiger partial charge in [-0.05, 0) is 23.3 Å². The highest BCUT2D eigenvalue weighted by Gasteiger charge is 2.31. The lowest BCUT2D eigenvalue weighted by molar-refractivity contribution is 0.165. The largest absolute Gasteiger partial charge is 0.390 e. The van der Waals surface area contributed by atoms with Gasteiger partial charge in [0.05, 0.1) is 22.7 Å². The fraction of sp³-hybridized carbons (Fsp3) is 0.250. The maximum atomic E-state index is 11.9. The van der Waals surface area contributed by atoms with Crippen molar-refractivity contribution in [2.45, 2.75) is 23.5 Å². The summed E-state index contributed by atoms with van der Waals surface area (Å²) in [7, 11) is -3.31. The summed E-state index contributed by atoms with van der Waals surface area (Å²) in [5, 5.41) is 13.4. The summed E-state index contributed by atoms with van der Waals surface area (Å²) in [6.07, 6.45) is 1.21. The average molecular weight is 303 g/mol. The zero-order valence-electron chi connectivity index (χ0n) is 11.7. The molecule has 0 heterocycles. The Balaban J connectivity index is 1.99. The number of aliphatic hydroxyl groups excluding tert-OH is 1. The molecule has 4 nitrogen and oxygen atoms in total. The monoisotopic (exact) mass is 303 g/mol. The molecule has 1 aliphatic rings. The summed E-state index contributed by atoms with van der Waals surface area (Å²) in [6, 6.07) is 14.3. The van der Waals surface area contributed by atoms with E-state index in [0.717, 1.165) is 11.1 Å². The molecule has 0 bridgehead atoms. The molecule has 0 aromatic heterocycles. The molecule has 0 unspecified atom stereocenters. The van der Waals surface area contributed by atoms with Crippen LogP contribution in [-0.2, 0) is 16.3 Å². The SMILES string of the molecule is CS(=O)(=O)c1ccccc1N[C@@H]1c2ccccc2C[C@@H]1O. The molecule has 0 saturated heterocycles. The fourth-order valence-electron chi connectivity index (χ4n) is 2.82. The Hall–Kier alpha value is -1.85. The molecule has 5 heteroatoms. The molecule has 2 aromatic rings. The van der Waals surface area contributed by atoms with Gasteiger partial charge in [-0.1, -0.05) is 36.4 Å². The van der Waals surface area contributed by atoms with E-state index in [0.29, 0.717) is 12.1 Å². The Kier molecular flexibility index (Phi) is 3.47.